The van der Waals surface area contributed by atoms with Gasteiger partial charge in [-0.15, -0.1) is 0 Å². The molecule has 0 heterocycles. The van der Waals surface area contributed by atoms with E-state index in [9.17, 15) is 0 Å². The van der Waals surface area contributed by atoms with E-state index in [2.05, 4.69) is 27.7 Å². The SMILES string of the molecule is CCCCCCCCCCCCCCCCCCC[PH](CCCCCC)(CCCCCC)CCCCCC. The summed E-state index contributed by atoms with van der Waals surface area (Å²) in [6.45, 7) is 9.43. The van der Waals surface area contributed by atoms with E-state index in [1.54, 1.807) is 50.3 Å². The van der Waals surface area contributed by atoms with Crippen LogP contribution in [0.15, 0.2) is 0 Å². The first-order chi connectivity index (χ1) is 18.7. The molecule has 1 heteroatoms. The van der Waals surface area contributed by atoms with Gasteiger partial charge in [0, 0.05) is 0 Å². The molecule has 0 amide bonds. The van der Waals surface area contributed by atoms with E-state index in [1.165, 1.54) is 161 Å². The molecule has 0 aliphatic carbocycles. The van der Waals surface area contributed by atoms with E-state index in [4.69, 9.17) is 0 Å². The first-order valence-electron chi connectivity index (χ1n) is 18.7. The molecule has 0 atom stereocenters. The Balaban J connectivity index is 4.08. The molecular weight excluding hydrogens is 475 g/mol. The van der Waals surface area contributed by atoms with E-state index >= 15 is 0 Å². The summed E-state index contributed by atoms with van der Waals surface area (Å²) >= 11 is 0. The fourth-order valence-electron chi connectivity index (χ4n) is 6.76. The second-order valence-electron chi connectivity index (χ2n) is 13.3. The van der Waals surface area contributed by atoms with Crippen LogP contribution in [0.3, 0.4) is 0 Å². The standard InChI is InChI=1S/C37H79P/c1-5-9-13-17-18-19-20-21-22-23-24-25-26-27-28-29-33-37-38(34-30-14-10-6-2,35-31-15-11-7-3)36-32-16-12-8-4/h38H,5-37H2,1-4H3. The fourth-order valence-corrected chi connectivity index (χ4v) is 12.3. The van der Waals surface area contributed by atoms with Crippen LogP contribution in [0.1, 0.15) is 214 Å². The molecule has 0 aliphatic rings. The van der Waals surface area contributed by atoms with Gasteiger partial charge in [0.1, 0.15) is 0 Å². The average molecular weight is 555 g/mol. The van der Waals surface area contributed by atoms with Crippen LogP contribution in [0.5, 0.6) is 0 Å². The van der Waals surface area contributed by atoms with E-state index in [0.29, 0.717) is 0 Å². The maximum atomic E-state index is 2.37. The van der Waals surface area contributed by atoms with Gasteiger partial charge in [0.05, 0.1) is 0 Å². The van der Waals surface area contributed by atoms with Crippen molar-refractivity contribution in [2.45, 2.75) is 214 Å². The Bertz CT molecular complexity index is 386. The molecule has 0 aromatic heterocycles. The summed E-state index contributed by atoms with van der Waals surface area (Å²) in [4.78, 5) is 0. The van der Waals surface area contributed by atoms with Gasteiger partial charge in [-0.1, -0.05) is 45.4 Å². The van der Waals surface area contributed by atoms with E-state index in [0.717, 1.165) is 0 Å². The van der Waals surface area contributed by atoms with Crippen LogP contribution in [0.25, 0.3) is 0 Å². The second kappa shape index (κ2) is 32.0. The quantitative estimate of drug-likeness (QED) is 0.0559. The molecule has 0 saturated carbocycles. The van der Waals surface area contributed by atoms with Crippen molar-refractivity contribution in [1.29, 1.82) is 0 Å². The minimum absolute atomic E-state index is 1.05. The van der Waals surface area contributed by atoms with Gasteiger partial charge in [0.15, 0.2) is 0 Å². The monoisotopic (exact) mass is 555 g/mol. The molecule has 0 radical (unpaired) electrons. The zero-order valence-electron chi connectivity index (χ0n) is 27.8. The van der Waals surface area contributed by atoms with Crippen LogP contribution in [-0.2, 0) is 0 Å². The van der Waals surface area contributed by atoms with Crippen molar-refractivity contribution < 1.29 is 0 Å². The van der Waals surface area contributed by atoms with Crippen LogP contribution < -0.4 is 0 Å². The molecule has 0 rings (SSSR count). The van der Waals surface area contributed by atoms with Crippen LogP contribution in [0.4, 0.5) is 0 Å². The topological polar surface area (TPSA) is 0 Å². The van der Waals surface area contributed by atoms with Gasteiger partial charge in [-0.2, -0.15) is 0 Å². The number of hydrogen-bond acceptors (Lipinski definition) is 0. The first-order valence-corrected chi connectivity index (χ1v) is 21.6. The average Bonchev–Trinajstić information content (AvgIpc) is 2.93. The normalized spacial score (nSPS) is 12.4. The molecule has 232 valence electrons. The van der Waals surface area contributed by atoms with Gasteiger partial charge in [-0.25, -0.2) is 0 Å². The summed E-state index contributed by atoms with van der Waals surface area (Å²) in [7, 11) is -1.05. The second-order valence-corrected chi connectivity index (χ2v) is 18.3. The van der Waals surface area contributed by atoms with E-state index in [-0.39, 0.29) is 0 Å². The van der Waals surface area contributed by atoms with Crippen molar-refractivity contribution in [3.05, 3.63) is 0 Å². The van der Waals surface area contributed by atoms with Gasteiger partial charge in [0.2, 0.25) is 0 Å². The van der Waals surface area contributed by atoms with Gasteiger partial charge in [0.25, 0.3) is 0 Å². The molecule has 0 aromatic carbocycles. The summed E-state index contributed by atoms with van der Waals surface area (Å²) in [5, 5.41) is 0. The predicted molar refractivity (Wildman–Crippen MR) is 184 cm³/mol. The summed E-state index contributed by atoms with van der Waals surface area (Å²) in [6, 6.07) is 0. The molecule has 0 aromatic rings. The summed E-state index contributed by atoms with van der Waals surface area (Å²) in [6.07, 6.45) is 49.8. The summed E-state index contributed by atoms with van der Waals surface area (Å²) < 4.78 is 0. The first kappa shape index (κ1) is 38.4. The van der Waals surface area contributed by atoms with Crippen molar-refractivity contribution in [3.63, 3.8) is 0 Å². The van der Waals surface area contributed by atoms with Gasteiger partial charge < -0.3 is 0 Å². The maximum absolute atomic E-state index is 2.37. The molecule has 0 N–H and O–H groups in total. The van der Waals surface area contributed by atoms with Crippen molar-refractivity contribution in [1.82, 2.24) is 0 Å². The number of unbranched alkanes of at least 4 members (excludes halogenated alkanes) is 25. The molecule has 0 aliphatic heterocycles. The third kappa shape index (κ3) is 26.6. The Hall–Kier alpha value is 0.430. The van der Waals surface area contributed by atoms with Gasteiger partial charge >= 0.3 is 200 Å². The Morgan fingerprint density at radius 2 is 0.368 bits per heavy atom. The number of hydrogen-bond donors (Lipinski definition) is 0. The third-order valence-corrected chi connectivity index (χ3v) is 15.1. The zero-order chi connectivity index (χ0) is 27.8. The van der Waals surface area contributed by atoms with Gasteiger partial charge in [-0.3, -0.25) is 0 Å². The molecule has 0 saturated heterocycles. The molecule has 0 fully saturated rings. The summed E-state index contributed by atoms with van der Waals surface area (Å²) in [5.41, 5.74) is 0. The van der Waals surface area contributed by atoms with Gasteiger partial charge in [-0.05, 0) is 0 Å². The van der Waals surface area contributed by atoms with Crippen LogP contribution in [0, 0.1) is 0 Å². The molecule has 38 heavy (non-hydrogen) atoms. The Morgan fingerprint density at radius 3 is 0.579 bits per heavy atom. The van der Waals surface area contributed by atoms with E-state index < -0.39 is 7.26 Å². The fraction of sp³-hybridized carbons (Fsp3) is 1.00. The van der Waals surface area contributed by atoms with Crippen molar-refractivity contribution in [2.75, 3.05) is 24.6 Å². The summed E-state index contributed by atoms with van der Waals surface area (Å²) in [5.74, 6) is 0. The van der Waals surface area contributed by atoms with Crippen LogP contribution in [0.2, 0.25) is 0 Å². The van der Waals surface area contributed by atoms with Crippen LogP contribution >= 0.6 is 7.26 Å². The molecule has 0 spiro atoms. The Labute approximate surface area is 245 Å². The van der Waals surface area contributed by atoms with Crippen molar-refractivity contribution in [2.24, 2.45) is 0 Å². The Morgan fingerprint density at radius 1 is 0.211 bits per heavy atom. The third-order valence-electron chi connectivity index (χ3n) is 9.49. The zero-order valence-corrected chi connectivity index (χ0v) is 28.8. The van der Waals surface area contributed by atoms with Crippen molar-refractivity contribution >= 4 is 7.26 Å². The predicted octanol–water partition coefficient (Wildman–Crippen LogP) is 14.1. The van der Waals surface area contributed by atoms with E-state index in [1.807, 2.05) is 0 Å². The van der Waals surface area contributed by atoms with Crippen molar-refractivity contribution in [3.8, 4) is 0 Å². The molecule has 0 unspecified atom stereocenters. The number of rotatable bonds is 33. The molecular formula is C37H79P. The molecule has 0 nitrogen and oxygen atoms in total. The minimum atomic E-state index is -1.05. The Kier molecular flexibility index (Phi) is 32.3. The molecule has 0 bridgehead atoms. The van der Waals surface area contributed by atoms with Crippen LogP contribution in [-0.4, -0.2) is 24.6 Å².